The molecule has 1 aliphatic rings. The molecule has 94 valence electrons. The molecule has 0 aliphatic carbocycles. The van der Waals surface area contributed by atoms with E-state index in [0.29, 0.717) is 9.63 Å². The van der Waals surface area contributed by atoms with Crippen molar-refractivity contribution in [3.8, 4) is 6.19 Å². The maximum Gasteiger partial charge on any atom is 0.208 e. The van der Waals surface area contributed by atoms with Gasteiger partial charge in [0, 0.05) is 17.6 Å². The molecule has 0 atom stereocenters. The fourth-order valence-electron chi connectivity index (χ4n) is 1.50. The van der Waals surface area contributed by atoms with Crippen LogP contribution in [0.1, 0.15) is 11.8 Å². The van der Waals surface area contributed by atoms with Crippen molar-refractivity contribution in [2.45, 2.75) is 13.5 Å². The van der Waals surface area contributed by atoms with Crippen molar-refractivity contribution in [2.24, 2.45) is 9.98 Å². The second-order valence-corrected chi connectivity index (χ2v) is 6.04. The first-order valence-electron chi connectivity index (χ1n) is 5.25. The number of thioether (sulfide) groups is 1. The van der Waals surface area contributed by atoms with Gasteiger partial charge in [0.1, 0.15) is 5.84 Å². The lowest BCUT2D eigenvalue weighted by Gasteiger charge is -2.20. The quantitative estimate of drug-likeness (QED) is 0.805. The van der Waals surface area contributed by atoms with Crippen LogP contribution in [0.15, 0.2) is 16.2 Å². The molecule has 0 unspecified atom stereocenters. The zero-order chi connectivity index (χ0) is 13.0. The Morgan fingerprint density at radius 1 is 1.67 bits per heavy atom. The van der Waals surface area contributed by atoms with Crippen molar-refractivity contribution in [1.82, 2.24) is 9.88 Å². The van der Waals surface area contributed by atoms with E-state index in [1.165, 1.54) is 23.1 Å². The van der Waals surface area contributed by atoms with Crippen LogP contribution < -0.4 is 0 Å². The molecule has 0 radical (unpaired) electrons. The fraction of sp³-hybridized carbons (Fsp3) is 0.400. The minimum absolute atomic E-state index is 0.535. The number of hydrogen-bond acceptors (Lipinski definition) is 6. The molecular formula is C10H10ClN5S2. The lowest BCUT2D eigenvalue weighted by atomic mass is 10.4. The first kappa shape index (κ1) is 13.3. The van der Waals surface area contributed by atoms with E-state index in [0.717, 1.165) is 29.6 Å². The molecule has 0 saturated carbocycles. The SMILES string of the molecule is CCN(Cc1cnc(Cl)s1)C1=NC(=NC#N)SC1. The van der Waals surface area contributed by atoms with Gasteiger partial charge in [0.2, 0.25) is 11.4 Å². The van der Waals surface area contributed by atoms with E-state index in [1.807, 2.05) is 0 Å². The lowest BCUT2D eigenvalue weighted by Crippen LogP contribution is -2.30. The van der Waals surface area contributed by atoms with Gasteiger partial charge in [-0.1, -0.05) is 23.4 Å². The van der Waals surface area contributed by atoms with E-state index in [-0.39, 0.29) is 0 Å². The monoisotopic (exact) mass is 299 g/mol. The van der Waals surface area contributed by atoms with E-state index in [9.17, 15) is 0 Å². The number of rotatable bonds is 3. The van der Waals surface area contributed by atoms with Crippen molar-refractivity contribution in [2.75, 3.05) is 12.3 Å². The van der Waals surface area contributed by atoms with Crippen LogP contribution in [0.2, 0.25) is 4.47 Å². The average Bonchev–Trinajstić information content (AvgIpc) is 2.96. The summed E-state index contributed by atoms with van der Waals surface area (Å²) in [6, 6.07) is 0. The number of amidine groups is 2. The Morgan fingerprint density at radius 2 is 2.50 bits per heavy atom. The van der Waals surface area contributed by atoms with Crippen molar-refractivity contribution in [3.05, 3.63) is 15.5 Å². The summed E-state index contributed by atoms with van der Waals surface area (Å²) in [6.45, 7) is 3.64. The van der Waals surface area contributed by atoms with Crippen LogP contribution in [0.5, 0.6) is 0 Å². The van der Waals surface area contributed by atoms with Gasteiger partial charge < -0.3 is 4.90 Å². The van der Waals surface area contributed by atoms with Crippen molar-refractivity contribution in [1.29, 1.82) is 5.26 Å². The smallest absolute Gasteiger partial charge is 0.208 e. The summed E-state index contributed by atoms with van der Waals surface area (Å²) in [6.07, 6.45) is 3.54. The third-order valence-electron chi connectivity index (χ3n) is 2.32. The predicted octanol–water partition coefficient (Wildman–Crippen LogP) is 2.60. The number of halogens is 1. The van der Waals surface area contributed by atoms with Crippen LogP contribution in [-0.2, 0) is 6.54 Å². The van der Waals surface area contributed by atoms with Gasteiger partial charge in [-0.15, -0.1) is 16.3 Å². The van der Waals surface area contributed by atoms with Gasteiger partial charge in [0.25, 0.3) is 0 Å². The maximum absolute atomic E-state index is 8.49. The van der Waals surface area contributed by atoms with Crippen molar-refractivity contribution < 1.29 is 0 Å². The third-order valence-corrected chi connectivity index (χ3v) is 4.26. The Balaban J connectivity index is 2.08. The van der Waals surface area contributed by atoms with E-state index >= 15 is 0 Å². The molecule has 0 amide bonds. The Morgan fingerprint density at radius 3 is 3.11 bits per heavy atom. The first-order chi connectivity index (χ1) is 8.72. The summed E-state index contributed by atoms with van der Waals surface area (Å²) in [5.41, 5.74) is 0. The van der Waals surface area contributed by atoms with Crippen LogP contribution in [0.3, 0.4) is 0 Å². The van der Waals surface area contributed by atoms with E-state index < -0.39 is 0 Å². The molecular weight excluding hydrogens is 290 g/mol. The number of hydrogen-bond donors (Lipinski definition) is 0. The molecule has 0 fully saturated rings. The third kappa shape index (κ3) is 3.22. The Bertz CT molecular complexity index is 531. The average molecular weight is 300 g/mol. The Hall–Kier alpha value is -1.10. The highest BCUT2D eigenvalue weighted by Crippen LogP contribution is 2.22. The molecule has 0 spiro atoms. The van der Waals surface area contributed by atoms with Crippen molar-refractivity contribution >= 4 is 45.7 Å². The van der Waals surface area contributed by atoms with Gasteiger partial charge in [-0.05, 0) is 6.92 Å². The minimum Gasteiger partial charge on any atom is -0.354 e. The Labute approximate surface area is 118 Å². The normalized spacial score (nSPS) is 16.7. The second kappa shape index (κ2) is 6.18. The van der Waals surface area contributed by atoms with E-state index in [1.54, 1.807) is 12.4 Å². The molecule has 18 heavy (non-hydrogen) atoms. The minimum atomic E-state index is 0.535. The lowest BCUT2D eigenvalue weighted by molar-refractivity contribution is 0.438. The molecule has 1 aromatic rings. The van der Waals surface area contributed by atoms with E-state index in [4.69, 9.17) is 16.9 Å². The van der Waals surface area contributed by atoms with Crippen LogP contribution >= 0.6 is 34.7 Å². The highest BCUT2D eigenvalue weighted by atomic mass is 35.5. The molecule has 2 heterocycles. The highest BCUT2D eigenvalue weighted by Gasteiger charge is 2.19. The first-order valence-corrected chi connectivity index (χ1v) is 7.43. The maximum atomic E-state index is 8.49. The number of aromatic nitrogens is 1. The summed E-state index contributed by atoms with van der Waals surface area (Å²) in [4.78, 5) is 15.2. The van der Waals surface area contributed by atoms with Gasteiger partial charge in [-0.25, -0.2) is 9.98 Å². The van der Waals surface area contributed by atoms with Crippen LogP contribution in [0.25, 0.3) is 0 Å². The van der Waals surface area contributed by atoms with Gasteiger partial charge in [0.05, 0.1) is 12.3 Å². The molecule has 1 aliphatic heterocycles. The van der Waals surface area contributed by atoms with Crippen LogP contribution in [-0.4, -0.2) is 33.2 Å². The van der Waals surface area contributed by atoms with Gasteiger partial charge in [-0.3, -0.25) is 0 Å². The number of nitriles is 1. The van der Waals surface area contributed by atoms with Crippen LogP contribution in [0, 0.1) is 11.5 Å². The summed E-state index contributed by atoms with van der Waals surface area (Å²) in [5, 5.41) is 9.03. The van der Waals surface area contributed by atoms with E-state index in [2.05, 4.69) is 26.8 Å². The number of thiazole rings is 1. The molecule has 0 saturated heterocycles. The predicted molar refractivity (Wildman–Crippen MR) is 76.1 cm³/mol. The standard InChI is InChI=1S/C10H10ClN5S2/c1-2-16(4-7-3-13-9(11)18-7)8-5-17-10(15-8)14-6-12/h3H,2,4-5H2,1H3. The highest BCUT2D eigenvalue weighted by molar-refractivity contribution is 8.14. The zero-order valence-electron chi connectivity index (χ0n) is 9.63. The van der Waals surface area contributed by atoms with Crippen molar-refractivity contribution in [3.63, 3.8) is 0 Å². The molecule has 0 N–H and O–H groups in total. The van der Waals surface area contributed by atoms with Crippen LogP contribution in [0.4, 0.5) is 0 Å². The topological polar surface area (TPSA) is 64.6 Å². The summed E-state index contributed by atoms with van der Waals surface area (Å²) < 4.78 is 0.551. The number of aliphatic imine (C=N–C) groups is 2. The molecule has 0 bridgehead atoms. The number of nitrogens with zero attached hydrogens (tertiary/aromatic N) is 5. The van der Waals surface area contributed by atoms with Gasteiger partial charge in [-0.2, -0.15) is 5.26 Å². The Kier molecular flexibility index (Phi) is 4.58. The second-order valence-electron chi connectivity index (χ2n) is 3.40. The zero-order valence-corrected chi connectivity index (χ0v) is 12.0. The summed E-state index contributed by atoms with van der Waals surface area (Å²) >= 11 is 8.76. The summed E-state index contributed by atoms with van der Waals surface area (Å²) in [5.74, 6) is 1.70. The molecule has 1 aromatic heterocycles. The summed E-state index contributed by atoms with van der Waals surface area (Å²) in [7, 11) is 0. The molecule has 2 rings (SSSR count). The largest absolute Gasteiger partial charge is 0.354 e. The van der Waals surface area contributed by atoms with Gasteiger partial charge in [0.15, 0.2) is 4.47 Å². The fourth-order valence-corrected chi connectivity index (χ4v) is 3.27. The molecule has 5 nitrogen and oxygen atoms in total. The molecule has 8 heteroatoms. The van der Waals surface area contributed by atoms with Gasteiger partial charge >= 0.3 is 0 Å². The molecule has 0 aromatic carbocycles.